The van der Waals surface area contributed by atoms with Crippen molar-refractivity contribution in [2.75, 3.05) is 12.4 Å². The maximum Gasteiger partial charge on any atom is 0.335 e. The molecule has 0 aliphatic rings. The molecule has 6 heteroatoms. The van der Waals surface area contributed by atoms with Crippen LogP contribution in [0.25, 0.3) is 11.0 Å². The van der Waals surface area contributed by atoms with Gasteiger partial charge in [-0.05, 0) is 54.1 Å². The van der Waals surface area contributed by atoms with E-state index in [1.807, 2.05) is 48.5 Å². The highest BCUT2D eigenvalue weighted by Gasteiger charge is 2.20. The highest BCUT2D eigenvalue weighted by atomic mass is 16.5. The summed E-state index contributed by atoms with van der Waals surface area (Å²) in [6.07, 6.45) is 0.160. The minimum absolute atomic E-state index is 0.133. The lowest BCUT2D eigenvalue weighted by Crippen LogP contribution is -2.15. The molecule has 0 saturated carbocycles. The summed E-state index contributed by atoms with van der Waals surface area (Å²) in [5.41, 5.74) is 2.48. The molecule has 2 N–H and O–H groups in total. The molecule has 3 aromatic carbocycles. The first-order valence-electron chi connectivity index (χ1n) is 9.79. The smallest absolute Gasteiger partial charge is 0.335 e. The molecule has 0 amide bonds. The van der Waals surface area contributed by atoms with Crippen LogP contribution in [0, 0.1) is 0 Å². The average molecular weight is 415 g/mol. The Bertz CT molecular complexity index is 1180. The molecule has 1 atom stereocenters. The zero-order valence-corrected chi connectivity index (χ0v) is 16.9. The number of hydrogen-bond acceptors (Lipinski definition) is 5. The van der Waals surface area contributed by atoms with E-state index in [-0.39, 0.29) is 23.8 Å². The van der Waals surface area contributed by atoms with Crippen LogP contribution in [-0.2, 0) is 0 Å². The highest BCUT2D eigenvalue weighted by molar-refractivity contribution is 5.98. The number of anilines is 1. The van der Waals surface area contributed by atoms with E-state index >= 15 is 0 Å². The maximum absolute atomic E-state index is 13.0. The van der Waals surface area contributed by atoms with Gasteiger partial charge in [-0.3, -0.25) is 4.79 Å². The van der Waals surface area contributed by atoms with Crippen LogP contribution in [0.1, 0.15) is 38.9 Å². The quantitative estimate of drug-likeness (QED) is 0.366. The van der Waals surface area contributed by atoms with Crippen LogP contribution >= 0.6 is 0 Å². The zero-order valence-electron chi connectivity index (χ0n) is 16.9. The normalized spacial score (nSPS) is 11.8. The molecule has 1 aromatic heterocycles. The Hall–Kier alpha value is -4.06. The van der Waals surface area contributed by atoms with Gasteiger partial charge < -0.3 is 19.6 Å². The molecule has 6 nitrogen and oxygen atoms in total. The van der Waals surface area contributed by atoms with Crippen molar-refractivity contribution in [1.82, 2.24) is 0 Å². The number of rotatable bonds is 8. The molecule has 0 saturated heterocycles. The molecular formula is C25H21NO5. The summed E-state index contributed by atoms with van der Waals surface area (Å²) in [6.45, 7) is 0. The van der Waals surface area contributed by atoms with Crippen LogP contribution in [0.2, 0.25) is 0 Å². The molecule has 1 unspecified atom stereocenters. The Balaban J connectivity index is 1.60. The molecule has 4 rings (SSSR count). The molecule has 0 fully saturated rings. The van der Waals surface area contributed by atoms with Gasteiger partial charge in [0.15, 0.2) is 11.5 Å². The van der Waals surface area contributed by atoms with E-state index in [1.165, 1.54) is 12.1 Å². The molecule has 0 bridgehead atoms. The standard InChI is InChI=1S/C25H21NO5/c1-30-20-12-8-16(9-13-20)21(26-19-10-6-17(7-11-19)25(28)29)15-22(27)24-14-18-4-2-3-5-23(18)31-24/h2-14,21,26H,15H2,1H3,(H,28,29). The lowest BCUT2D eigenvalue weighted by Gasteiger charge is -2.20. The molecule has 156 valence electrons. The fourth-order valence-corrected chi connectivity index (χ4v) is 3.40. The van der Waals surface area contributed by atoms with Gasteiger partial charge in [0.1, 0.15) is 11.3 Å². The summed E-state index contributed by atoms with van der Waals surface area (Å²) < 4.78 is 11.0. The number of benzene rings is 3. The second-order valence-corrected chi connectivity index (χ2v) is 7.13. The minimum Gasteiger partial charge on any atom is -0.497 e. The Morgan fingerprint density at radius 1 is 1.00 bits per heavy atom. The summed E-state index contributed by atoms with van der Waals surface area (Å²) in [5.74, 6) is -0.0929. The van der Waals surface area contributed by atoms with Gasteiger partial charge in [-0.15, -0.1) is 0 Å². The highest BCUT2D eigenvalue weighted by Crippen LogP contribution is 2.28. The van der Waals surface area contributed by atoms with Gasteiger partial charge in [-0.1, -0.05) is 30.3 Å². The number of aromatic carboxylic acids is 1. The SMILES string of the molecule is COc1ccc(C(CC(=O)c2cc3ccccc3o2)Nc2ccc(C(=O)O)cc2)cc1. The molecule has 0 radical (unpaired) electrons. The third-order valence-corrected chi connectivity index (χ3v) is 5.08. The van der Waals surface area contributed by atoms with Crippen molar-refractivity contribution in [1.29, 1.82) is 0 Å². The van der Waals surface area contributed by atoms with E-state index in [1.54, 1.807) is 25.3 Å². The predicted octanol–water partition coefficient (Wildman–Crippen LogP) is 5.57. The van der Waals surface area contributed by atoms with Crippen LogP contribution < -0.4 is 10.1 Å². The van der Waals surface area contributed by atoms with E-state index in [0.29, 0.717) is 17.0 Å². The first-order valence-corrected chi connectivity index (χ1v) is 9.79. The molecule has 4 aromatic rings. The zero-order chi connectivity index (χ0) is 21.8. The second kappa shape index (κ2) is 8.75. The Morgan fingerprint density at radius 2 is 1.71 bits per heavy atom. The first kappa shape index (κ1) is 20.2. The monoisotopic (exact) mass is 415 g/mol. The van der Waals surface area contributed by atoms with Crippen LogP contribution in [0.15, 0.2) is 83.3 Å². The number of fused-ring (bicyclic) bond motifs is 1. The maximum atomic E-state index is 13.0. The second-order valence-electron chi connectivity index (χ2n) is 7.13. The van der Waals surface area contributed by atoms with Crippen molar-refractivity contribution in [3.05, 3.63) is 95.7 Å². The van der Waals surface area contributed by atoms with Crippen LogP contribution in [0.4, 0.5) is 5.69 Å². The number of furan rings is 1. The molecule has 0 aliphatic carbocycles. The molecule has 31 heavy (non-hydrogen) atoms. The predicted molar refractivity (Wildman–Crippen MR) is 118 cm³/mol. The summed E-state index contributed by atoms with van der Waals surface area (Å²) >= 11 is 0. The first-order chi connectivity index (χ1) is 15.0. The lowest BCUT2D eigenvalue weighted by atomic mass is 9.99. The van der Waals surface area contributed by atoms with Gasteiger partial charge in [0.2, 0.25) is 0 Å². The van der Waals surface area contributed by atoms with Crippen molar-refractivity contribution >= 4 is 28.4 Å². The number of nitrogens with one attached hydrogen (secondary N) is 1. The van der Waals surface area contributed by atoms with Gasteiger partial charge >= 0.3 is 5.97 Å². The number of Topliss-reactive ketones (excluding diaryl/α,β-unsaturated/α-hetero) is 1. The van der Waals surface area contributed by atoms with Crippen molar-refractivity contribution in [3.63, 3.8) is 0 Å². The Labute approximate surface area is 179 Å². The van der Waals surface area contributed by atoms with Crippen LogP contribution in [0.5, 0.6) is 5.75 Å². The minimum atomic E-state index is -0.988. The van der Waals surface area contributed by atoms with Gasteiger partial charge in [0.05, 0.1) is 18.7 Å². The summed E-state index contributed by atoms with van der Waals surface area (Å²) in [4.78, 5) is 24.1. The largest absolute Gasteiger partial charge is 0.497 e. The van der Waals surface area contributed by atoms with E-state index in [2.05, 4.69) is 5.32 Å². The summed E-state index contributed by atoms with van der Waals surface area (Å²) in [6, 6.07) is 22.8. The Morgan fingerprint density at radius 3 is 2.35 bits per heavy atom. The van der Waals surface area contributed by atoms with Crippen LogP contribution in [0.3, 0.4) is 0 Å². The number of carbonyl (C=O) groups is 2. The van der Waals surface area contributed by atoms with Gasteiger partial charge in [-0.2, -0.15) is 0 Å². The van der Waals surface area contributed by atoms with Crippen LogP contribution in [-0.4, -0.2) is 24.0 Å². The number of ketones is 1. The number of carboxylic acid groups (broad SMARTS) is 1. The van der Waals surface area contributed by atoms with Crippen molar-refractivity contribution in [2.24, 2.45) is 0 Å². The number of para-hydroxylation sites is 1. The number of ether oxygens (including phenoxy) is 1. The fourth-order valence-electron chi connectivity index (χ4n) is 3.40. The fraction of sp³-hybridized carbons (Fsp3) is 0.120. The third-order valence-electron chi connectivity index (χ3n) is 5.08. The lowest BCUT2D eigenvalue weighted by molar-refractivity contribution is 0.0696. The molecular weight excluding hydrogens is 394 g/mol. The number of carbonyl (C=O) groups excluding carboxylic acids is 1. The third kappa shape index (κ3) is 4.59. The van der Waals surface area contributed by atoms with Crippen molar-refractivity contribution in [2.45, 2.75) is 12.5 Å². The molecule has 0 spiro atoms. The Kier molecular flexibility index (Phi) is 5.71. The van der Waals surface area contributed by atoms with Gasteiger partial charge in [-0.25, -0.2) is 4.79 Å². The van der Waals surface area contributed by atoms with E-state index < -0.39 is 5.97 Å². The number of hydrogen-bond donors (Lipinski definition) is 2. The van der Waals surface area contributed by atoms with Crippen molar-refractivity contribution < 1.29 is 23.8 Å². The van der Waals surface area contributed by atoms with Crippen molar-refractivity contribution in [3.8, 4) is 5.75 Å². The molecule has 0 aliphatic heterocycles. The van der Waals surface area contributed by atoms with Gasteiger partial charge in [0.25, 0.3) is 0 Å². The van der Waals surface area contributed by atoms with E-state index in [0.717, 1.165) is 16.7 Å². The topological polar surface area (TPSA) is 88.8 Å². The average Bonchev–Trinajstić information content (AvgIpc) is 3.23. The molecule has 1 heterocycles. The number of methoxy groups -OCH3 is 1. The summed E-state index contributed by atoms with van der Waals surface area (Å²) in [7, 11) is 1.60. The van der Waals surface area contributed by atoms with E-state index in [4.69, 9.17) is 14.3 Å². The summed E-state index contributed by atoms with van der Waals surface area (Å²) in [5, 5.41) is 13.3. The van der Waals surface area contributed by atoms with E-state index in [9.17, 15) is 9.59 Å². The van der Waals surface area contributed by atoms with Gasteiger partial charge in [0, 0.05) is 17.5 Å². The number of carboxylic acids is 1.